The average Bonchev–Trinajstić information content (AvgIpc) is 1.87. The van der Waals surface area contributed by atoms with Crippen LogP contribution in [0.1, 0.15) is 39.0 Å². The van der Waals surface area contributed by atoms with Crippen molar-refractivity contribution in [2.75, 3.05) is 13.6 Å². The Labute approximate surface area is 64.4 Å². The number of hydrazine groups is 1. The molecule has 2 heteroatoms. The SMILES string of the molecule is CCCCCCCN(C)N. The first-order chi connectivity index (χ1) is 4.77. The highest BCUT2D eigenvalue weighted by atomic mass is 15.4. The molecule has 0 aliphatic heterocycles. The number of hydrogen-bond donors (Lipinski definition) is 1. The number of nitrogens with zero attached hydrogens (tertiary/aromatic N) is 1. The fraction of sp³-hybridized carbons (Fsp3) is 1.00. The Morgan fingerprint density at radius 3 is 2.20 bits per heavy atom. The van der Waals surface area contributed by atoms with Crippen LogP contribution in [-0.2, 0) is 0 Å². The van der Waals surface area contributed by atoms with Crippen molar-refractivity contribution in [2.45, 2.75) is 39.0 Å². The molecule has 0 unspecified atom stereocenters. The monoisotopic (exact) mass is 144 g/mol. The number of nitrogens with two attached hydrogens (primary N) is 1. The van der Waals surface area contributed by atoms with Crippen molar-refractivity contribution in [3.05, 3.63) is 0 Å². The molecule has 0 aliphatic carbocycles. The fourth-order valence-electron chi connectivity index (χ4n) is 0.965. The van der Waals surface area contributed by atoms with E-state index in [9.17, 15) is 0 Å². The van der Waals surface area contributed by atoms with Gasteiger partial charge in [-0.2, -0.15) is 0 Å². The van der Waals surface area contributed by atoms with Crippen LogP contribution in [0.25, 0.3) is 0 Å². The minimum absolute atomic E-state index is 1.03. The second-order valence-electron chi connectivity index (χ2n) is 2.89. The normalized spacial score (nSPS) is 10.8. The summed E-state index contributed by atoms with van der Waals surface area (Å²) in [4.78, 5) is 0. The predicted molar refractivity (Wildman–Crippen MR) is 45.6 cm³/mol. The molecule has 0 bridgehead atoms. The van der Waals surface area contributed by atoms with Crippen LogP contribution in [0.2, 0.25) is 0 Å². The van der Waals surface area contributed by atoms with Crippen molar-refractivity contribution in [1.82, 2.24) is 5.01 Å². The summed E-state index contributed by atoms with van der Waals surface area (Å²) >= 11 is 0. The molecule has 0 radical (unpaired) electrons. The number of hydrogen-bond acceptors (Lipinski definition) is 2. The predicted octanol–water partition coefficient (Wildman–Crippen LogP) is 1.76. The van der Waals surface area contributed by atoms with Crippen LogP contribution in [-0.4, -0.2) is 18.6 Å². The van der Waals surface area contributed by atoms with Crippen LogP contribution in [0.15, 0.2) is 0 Å². The lowest BCUT2D eigenvalue weighted by atomic mass is 10.1. The maximum atomic E-state index is 5.44. The summed E-state index contributed by atoms with van der Waals surface area (Å²) in [5.74, 6) is 5.44. The van der Waals surface area contributed by atoms with Gasteiger partial charge in [-0.25, -0.2) is 0 Å². The maximum absolute atomic E-state index is 5.44. The number of unbranched alkanes of at least 4 members (excludes halogenated alkanes) is 4. The van der Waals surface area contributed by atoms with E-state index in [-0.39, 0.29) is 0 Å². The lowest BCUT2D eigenvalue weighted by Gasteiger charge is -2.07. The van der Waals surface area contributed by atoms with Crippen LogP contribution in [0, 0.1) is 0 Å². The Balaban J connectivity index is 2.77. The zero-order valence-electron chi connectivity index (χ0n) is 7.27. The Hall–Kier alpha value is -0.0800. The second-order valence-corrected chi connectivity index (χ2v) is 2.89. The van der Waals surface area contributed by atoms with E-state index in [1.54, 1.807) is 5.01 Å². The summed E-state index contributed by atoms with van der Waals surface area (Å²) in [6.45, 7) is 3.26. The molecule has 0 aromatic carbocycles. The lowest BCUT2D eigenvalue weighted by molar-refractivity contribution is 0.337. The molecule has 0 rings (SSSR count). The van der Waals surface area contributed by atoms with E-state index in [0.29, 0.717) is 0 Å². The molecule has 0 atom stereocenters. The summed E-state index contributed by atoms with van der Waals surface area (Å²) in [7, 11) is 1.92. The zero-order chi connectivity index (χ0) is 7.82. The molecule has 2 N–H and O–H groups in total. The van der Waals surface area contributed by atoms with Gasteiger partial charge in [-0.1, -0.05) is 32.6 Å². The van der Waals surface area contributed by atoms with Crippen molar-refractivity contribution < 1.29 is 0 Å². The van der Waals surface area contributed by atoms with Crippen LogP contribution in [0.4, 0.5) is 0 Å². The maximum Gasteiger partial charge on any atom is 0.0125 e. The Morgan fingerprint density at radius 2 is 1.70 bits per heavy atom. The van der Waals surface area contributed by atoms with Crippen molar-refractivity contribution >= 4 is 0 Å². The van der Waals surface area contributed by atoms with Gasteiger partial charge in [-0.05, 0) is 6.42 Å². The summed E-state index contributed by atoms with van der Waals surface area (Å²) in [6, 6.07) is 0. The van der Waals surface area contributed by atoms with Crippen LogP contribution < -0.4 is 5.84 Å². The summed E-state index contributed by atoms with van der Waals surface area (Å²) < 4.78 is 0. The highest BCUT2D eigenvalue weighted by Gasteiger charge is 1.90. The highest BCUT2D eigenvalue weighted by molar-refractivity contribution is 4.44. The van der Waals surface area contributed by atoms with Crippen LogP contribution >= 0.6 is 0 Å². The standard InChI is InChI=1S/C8H20N2/c1-3-4-5-6-7-8-10(2)9/h3-9H2,1-2H3. The molecular weight excluding hydrogens is 124 g/mol. The van der Waals surface area contributed by atoms with E-state index in [1.807, 2.05) is 7.05 Å². The van der Waals surface area contributed by atoms with E-state index in [2.05, 4.69) is 6.92 Å². The van der Waals surface area contributed by atoms with E-state index in [4.69, 9.17) is 5.84 Å². The third kappa shape index (κ3) is 7.92. The van der Waals surface area contributed by atoms with E-state index < -0.39 is 0 Å². The first-order valence-electron chi connectivity index (χ1n) is 4.23. The highest BCUT2D eigenvalue weighted by Crippen LogP contribution is 2.01. The molecular formula is C8H20N2. The largest absolute Gasteiger partial charge is 0.269 e. The van der Waals surface area contributed by atoms with Gasteiger partial charge in [0.2, 0.25) is 0 Å². The van der Waals surface area contributed by atoms with Crippen molar-refractivity contribution in [2.24, 2.45) is 5.84 Å². The van der Waals surface area contributed by atoms with Gasteiger partial charge in [0.05, 0.1) is 0 Å². The van der Waals surface area contributed by atoms with E-state index in [1.165, 1.54) is 32.1 Å². The molecule has 0 spiro atoms. The first kappa shape index (κ1) is 9.92. The Kier molecular flexibility index (Phi) is 6.98. The quantitative estimate of drug-likeness (QED) is 0.350. The molecule has 62 valence electrons. The molecule has 0 aromatic rings. The third-order valence-corrected chi connectivity index (χ3v) is 1.61. The van der Waals surface area contributed by atoms with Gasteiger partial charge in [-0.15, -0.1) is 0 Å². The third-order valence-electron chi connectivity index (χ3n) is 1.61. The molecule has 0 aromatic heterocycles. The van der Waals surface area contributed by atoms with Gasteiger partial charge in [0.1, 0.15) is 0 Å². The zero-order valence-corrected chi connectivity index (χ0v) is 7.27. The smallest absolute Gasteiger partial charge is 0.0125 e. The Morgan fingerprint density at radius 1 is 1.10 bits per heavy atom. The second kappa shape index (κ2) is 7.03. The van der Waals surface area contributed by atoms with Crippen molar-refractivity contribution in [3.8, 4) is 0 Å². The minimum Gasteiger partial charge on any atom is -0.269 e. The summed E-state index contributed by atoms with van der Waals surface area (Å²) in [5.41, 5.74) is 0. The average molecular weight is 144 g/mol. The molecule has 0 heterocycles. The number of rotatable bonds is 6. The molecule has 10 heavy (non-hydrogen) atoms. The van der Waals surface area contributed by atoms with Gasteiger partial charge >= 0.3 is 0 Å². The van der Waals surface area contributed by atoms with Crippen LogP contribution in [0.5, 0.6) is 0 Å². The van der Waals surface area contributed by atoms with Gasteiger partial charge in [0.25, 0.3) is 0 Å². The molecule has 0 fully saturated rings. The minimum atomic E-state index is 1.03. The molecule has 0 saturated carbocycles. The Bertz CT molecular complexity index is 62.3. The molecule has 0 saturated heterocycles. The molecule has 0 amide bonds. The van der Waals surface area contributed by atoms with Gasteiger partial charge in [-0.3, -0.25) is 10.9 Å². The van der Waals surface area contributed by atoms with Crippen LogP contribution in [0.3, 0.4) is 0 Å². The fourth-order valence-corrected chi connectivity index (χ4v) is 0.965. The van der Waals surface area contributed by atoms with E-state index in [0.717, 1.165) is 6.54 Å². The lowest BCUT2D eigenvalue weighted by Crippen LogP contribution is -2.26. The van der Waals surface area contributed by atoms with Crippen molar-refractivity contribution in [1.29, 1.82) is 0 Å². The summed E-state index contributed by atoms with van der Waals surface area (Å²) in [5, 5.41) is 1.76. The van der Waals surface area contributed by atoms with E-state index >= 15 is 0 Å². The van der Waals surface area contributed by atoms with Gasteiger partial charge in [0, 0.05) is 13.6 Å². The van der Waals surface area contributed by atoms with Gasteiger partial charge in [0.15, 0.2) is 0 Å². The first-order valence-corrected chi connectivity index (χ1v) is 4.23. The van der Waals surface area contributed by atoms with Gasteiger partial charge < -0.3 is 0 Å². The topological polar surface area (TPSA) is 29.3 Å². The molecule has 2 nitrogen and oxygen atoms in total. The van der Waals surface area contributed by atoms with Crippen molar-refractivity contribution in [3.63, 3.8) is 0 Å². The molecule has 0 aliphatic rings. The summed E-state index contributed by atoms with van der Waals surface area (Å²) in [6.07, 6.45) is 6.62.